The van der Waals surface area contributed by atoms with Crippen molar-refractivity contribution in [1.29, 1.82) is 5.26 Å². The Morgan fingerprint density at radius 3 is 2.42 bits per heavy atom. The summed E-state index contributed by atoms with van der Waals surface area (Å²) >= 11 is 0. The van der Waals surface area contributed by atoms with E-state index in [1.54, 1.807) is 24.3 Å². The average Bonchev–Trinajstić information content (AvgIpc) is 3.18. The molecule has 0 fully saturated rings. The second-order valence-corrected chi connectivity index (χ2v) is 7.80. The van der Waals surface area contributed by atoms with Crippen molar-refractivity contribution in [3.05, 3.63) is 102 Å². The largest absolute Gasteiger partial charge is 0.507 e. The molecule has 0 saturated heterocycles. The molecule has 0 unspecified atom stereocenters. The molecule has 0 aliphatic heterocycles. The van der Waals surface area contributed by atoms with Gasteiger partial charge in [0, 0.05) is 11.9 Å². The van der Waals surface area contributed by atoms with Crippen LogP contribution in [-0.2, 0) is 11.3 Å². The van der Waals surface area contributed by atoms with E-state index in [0.29, 0.717) is 28.4 Å². The van der Waals surface area contributed by atoms with Crippen molar-refractivity contribution in [1.82, 2.24) is 4.57 Å². The van der Waals surface area contributed by atoms with Gasteiger partial charge in [-0.15, -0.1) is 0 Å². The molecule has 1 N–H and O–H groups in total. The molecule has 0 aliphatic carbocycles. The molecule has 5 rings (SSSR count). The fourth-order valence-electron chi connectivity index (χ4n) is 4.42. The first-order valence-corrected chi connectivity index (χ1v) is 10.5. The molecule has 0 atom stereocenters. The van der Waals surface area contributed by atoms with Crippen molar-refractivity contribution in [2.45, 2.75) is 6.54 Å². The van der Waals surface area contributed by atoms with Crippen LogP contribution in [-0.4, -0.2) is 22.8 Å². The molecule has 5 heteroatoms. The summed E-state index contributed by atoms with van der Waals surface area (Å²) in [4.78, 5) is 12.6. The van der Waals surface area contributed by atoms with Gasteiger partial charge in [-0.25, -0.2) is 4.79 Å². The summed E-state index contributed by atoms with van der Waals surface area (Å²) in [7, 11) is 1.34. The highest BCUT2D eigenvalue weighted by atomic mass is 16.5. The highest BCUT2D eigenvalue weighted by Crippen LogP contribution is 2.40. The predicted molar refractivity (Wildman–Crippen MR) is 128 cm³/mol. The van der Waals surface area contributed by atoms with E-state index in [0.717, 1.165) is 27.7 Å². The Kier molecular flexibility index (Phi) is 5.04. The molecule has 0 spiro atoms. The summed E-state index contributed by atoms with van der Waals surface area (Å²) in [6.07, 6.45) is 0. The summed E-state index contributed by atoms with van der Waals surface area (Å²) in [5.41, 5.74) is 5.20. The van der Waals surface area contributed by atoms with Crippen molar-refractivity contribution < 1.29 is 14.6 Å². The third-order valence-electron chi connectivity index (χ3n) is 5.95. The van der Waals surface area contributed by atoms with Crippen LogP contribution < -0.4 is 0 Å². The lowest BCUT2D eigenvalue weighted by Crippen LogP contribution is -2.03. The topological polar surface area (TPSA) is 75.2 Å². The van der Waals surface area contributed by atoms with E-state index < -0.39 is 5.97 Å². The number of ether oxygens (including phenoxy) is 1. The van der Waals surface area contributed by atoms with Gasteiger partial charge in [-0.1, -0.05) is 54.6 Å². The monoisotopic (exact) mass is 432 g/mol. The minimum atomic E-state index is -0.469. The summed E-state index contributed by atoms with van der Waals surface area (Å²) < 4.78 is 7.06. The molecule has 0 saturated carbocycles. The van der Waals surface area contributed by atoms with E-state index in [-0.39, 0.29) is 5.75 Å². The van der Waals surface area contributed by atoms with E-state index in [1.165, 1.54) is 7.11 Å². The molecular formula is C28H20N2O3. The number of aromatic hydroxyl groups is 1. The zero-order valence-electron chi connectivity index (χ0n) is 17.9. The normalized spacial score (nSPS) is 10.9. The van der Waals surface area contributed by atoms with Crippen molar-refractivity contribution in [3.8, 4) is 22.9 Å². The summed E-state index contributed by atoms with van der Waals surface area (Å²) in [6, 6.07) is 28.7. The molecule has 5 nitrogen and oxygen atoms in total. The fraction of sp³-hybridized carbons (Fsp3) is 0.0714. The number of hydrogen-bond acceptors (Lipinski definition) is 4. The first-order chi connectivity index (χ1) is 16.1. The quantitative estimate of drug-likeness (QED) is 0.360. The number of esters is 1. The van der Waals surface area contributed by atoms with Crippen LogP contribution in [0.2, 0.25) is 0 Å². The maximum atomic E-state index is 12.6. The number of phenols is 1. The van der Waals surface area contributed by atoms with E-state index in [2.05, 4.69) is 6.07 Å². The van der Waals surface area contributed by atoms with Gasteiger partial charge in [0.05, 0.1) is 40.7 Å². The highest BCUT2D eigenvalue weighted by molar-refractivity contribution is 6.19. The number of nitriles is 1. The average molecular weight is 432 g/mol. The van der Waals surface area contributed by atoms with Gasteiger partial charge in [-0.2, -0.15) is 5.26 Å². The number of fused-ring (bicyclic) bond motifs is 3. The number of aromatic nitrogens is 1. The lowest BCUT2D eigenvalue weighted by Gasteiger charge is -2.11. The van der Waals surface area contributed by atoms with Gasteiger partial charge >= 0.3 is 5.97 Å². The van der Waals surface area contributed by atoms with Crippen molar-refractivity contribution in [2.75, 3.05) is 7.11 Å². The van der Waals surface area contributed by atoms with Crippen LogP contribution >= 0.6 is 0 Å². The smallest absolute Gasteiger partial charge is 0.338 e. The van der Waals surface area contributed by atoms with Crippen LogP contribution in [0.3, 0.4) is 0 Å². The van der Waals surface area contributed by atoms with Gasteiger partial charge in [0.25, 0.3) is 0 Å². The Labute approximate surface area is 190 Å². The van der Waals surface area contributed by atoms with Crippen LogP contribution in [0.5, 0.6) is 5.75 Å². The van der Waals surface area contributed by atoms with Crippen LogP contribution in [0.4, 0.5) is 0 Å². The van der Waals surface area contributed by atoms with Crippen LogP contribution in [0.1, 0.15) is 21.5 Å². The number of rotatable bonds is 4. The SMILES string of the molecule is COC(=O)c1cccc2c1c1c(O)cc(-c3ccccc3)cc1n2Cc1ccccc1C#N. The number of carbonyl (C=O) groups is 1. The minimum Gasteiger partial charge on any atom is -0.507 e. The zero-order chi connectivity index (χ0) is 22.9. The van der Waals surface area contributed by atoms with E-state index in [1.807, 2.05) is 65.2 Å². The molecule has 0 aliphatic rings. The summed E-state index contributed by atoms with van der Waals surface area (Å²) in [5, 5.41) is 22.0. The van der Waals surface area contributed by atoms with Crippen molar-refractivity contribution in [3.63, 3.8) is 0 Å². The van der Waals surface area contributed by atoms with Crippen LogP contribution in [0.25, 0.3) is 32.9 Å². The number of phenolic OH excluding ortho intramolecular Hbond substituents is 1. The third-order valence-corrected chi connectivity index (χ3v) is 5.95. The first-order valence-electron chi connectivity index (χ1n) is 10.5. The Morgan fingerprint density at radius 1 is 0.909 bits per heavy atom. The standard InChI is InChI=1S/C28H20N2O3/c1-33-28(32)22-12-7-13-23-26(22)27-24(30(23)17-20-11-6-5-10-19(20)16-29)14-21(15-25(27)31)18-8-3-2-4-9-18/h2-15,31H,17H2,1H3. The Bertz CT molecular complexity index is 1560. The van der Waals surface area contributed by atoms with Crippen molar-refractivity contribution in [2.24, 2.45) is 0 Å². The molecule has 0 amide bonds. The molecule has 160 valence electrons. The second kappa shape index (κ2) is 8.18. The maximum Gasteiger partial charge on any atom is 0.338 e. The lowest BCUT2D eigenvalue weighted by molar-refractivity contribution is 0.0603. The zero-order valence-corrected chi connectivity index (χ0v) is 17.9. The number of hydrogen-bond donors (Lipinski definition) is 1. The summed E-state index contributed by atoms with van der Waals surface area (Å²) in [5.74, 6) is -0.386. The summed E-state index contributed by atoms with van der Waals surface area (Å²) in [6.45, 7) is 0.409. The maximum absolute atomic E-state index is 12.6. The Hall–Kier alpha value is -4.56. The van der Waals surface area contributed by atoms with Crippen molar-refractivity contribution >= 4 is 27.8 Å². The predicted octanol–water partition coefficient (Wildman–Crippen LogP) is 5.87. The Morgan fingerprint density at radius 2 is 1.67 bits per heavy atom. The number of carbonyl (C=O) groups excluding carboxylic acids is 1. The van der Waals surface area contributed by atoms with E-state index in [4.69, 9.17) is 4.74 Å². The molecule has 33 heavy (non-hydrogen) atoms. The molecular weight excluding hydrogens is 412 g/mol. The molecule has 4 aromatic carbocycles. The molecule has 1 heterocycles. The number of nitrogens with zero attached hydrogens (tertiary/aromatic N) is 2. The number of methoxy groups -OCH3 is 1. The van der Waals surface area contributed by atoms with Gasteiger partial charge in [0.15, 0.2) is 0 Å². The second-order valence-electron chi connectivity index (χ2n) is 7.80. The third kappa shape index (κ3) is 3.38. The minimum absolute atomic E-state index is 0.0834. The van der Waals surface area contributed by atoms with Gasteiger partial charge in [-0.05, 0) is 47.0 Å². The van der Waals surface area contributed by atoms with Gasteiger partial charge < -0.3 is 14.4 Å². The first kappa shape index (κ1) is 20.3. The number of benzene rings is 4. The van der Waals surface area contributed by atoms with E-state index >= 15 is 0 Å². The molecule has 0 radical (unpaired) electrons. The highest BCUT2D eigenvalue weighted by Gasteiger charge is 2.22. The van der Waals surface area contributed by atoms with Crippen LogP contribution in [0, 0.1) is 11.3 Å². The fourth-order valence-corrected chi connectivity index (χ4v) is 4.42. The molecule has 1 aromatic heterocycles. The molecule has 0 bridgehead atoms. The van der Waals surface area contributed by atoms with Crippen LogP contribution in [0.15, 0.2) is 84.9 Å². The van der Waals surface area contributed by atoms with Gasteiger partial charge in [0.2, 0.25) is 0 Å². The lowest BCUT2D eigenvalue weighted by atomic mass is 10.0. The van der Waals surface area contributed by atoms with E-state index in [9.17, 15) is 15.2 Å². The Balaban J connectivity index is 1.87. The molecule has 5 aromatic rings. The van der Waals surface area contributed by atoms with Gasteiger partial charge in [0.1, 0.15) is 5.75 Å². The van der Waals surface area contributed by atoms with Gasteiger partial charge in [-0.3, -0.25) is 0 Å².